The summed E-state index contributed by atoms with van der Waals surface area (Å²) >= 11 is 0.965. The molecule has 0 fully saturated rings. The molecule has 0 radical (unpaired) electrons. The molecule has 0 unspecified atom stereocenters. The Morgan fingerprint density at radius 2 is 2.12 bits per heavy atom. The van der Waals surface area contributed by atoms with Crippen molar-refractivity contribution < 1.29 is 14.3 Å². The number of aliphatic carboxylic acids is 1. The molecule has 2 aromatic heterocycles. The van der Waals surface area contributed by atoms with Gasteiger partial charge in [0.25, 0.3) is 5.22 Å². The predicted molar refractivity (Wildman–Crippen MR) is 92.8 cm³/mol. The number of rotatable bonds is 6. The number of aromatic nitrogens is 3. The summed E-state index contributed by atoms with van der Waals surface area (Å²) in [6.45, 7) is 4.76. The van der Waals surface area contributed by atoms with Gasteiger partial charge in [0, 0.05) is 35.6 Å². The molecule has 3 aromatic rings. The van der Waals surface area contributed by atoms with Crippen molar-refractivity contribution in [3.63, 3.8) is 0 Å². The van der Waals surface area contributed by atoms with E-state index in [2.05, 4.69) is 21.7 Å². The Hall–Kier alpha value is -2.54. The molecule has 0 amide bonds. The molecule has 6 nitrogen and oxygen atoms in total. The molecule has 0 bridgehead atoms. The minimum absolute atomic E-state index is 0.139. The van der Waals surface area contributed by atoms with Gasteiger partial charge in [-0.05, 0) is 30.8 Å². The van der Waals surface area contributed by atoms with E-state index in [0.29, 0.717) is 12.3 Å². The summed E-state index contributed by atoms with van der Waals surface area (Å²) in [6, 6.07) is 7.92. The normalized spacial score (nSPS) is 12.0. The van der Waals surface area contributed by atoms with Gasteiger partial charge in [0.05, 0.1) is 0 Å². The van der Waals surface area contributed by atoms with E-state index < -0.39 is 5.97 Å². The number of thioether (sulfide) groups is 1. The molecule has 0 atom stereocenters. The first-order valence-corrected chi connectivity index (χ1v) is 8.47. The van der Waals surface area contributed by atoms with Crippen LogP contribution in [0.4, 0.5) is 0 Å². The third-order valence-electron chi connectivity index (χ3n) is 3.61. The molecule has 1 aromatic carbocycles. The lowest BCUT2D eigenvalue weighted by molar-refractivity contribution is -0.131. The van der Waals surface area contributed by atoms with Crippen molar-refractivity contribution in [2.45, 2.75) is 32.0 Å². The number of fused-ring (bicyclic) bond motifs is 1. The number of hydrogen-bond donors (Lipinski definition) is 1. The number of nitrogens with zero attached hydrogens (tertiary/aromatic N) is 3. The molecule has 0 aliphatic heterocycles. The van der Waals surface area contributed by atoms with Gasteiger partial charge in [-0.2, -0.15) is 0 Å². The van der Waals surface area contributed by atoms with Crippen molar-refractivity contribution in [2.75, 3.05) is 0 Å². The molecular formula is C17H17N3O3S. The Labute approximate surface area is 143 Å². The lowest BCUT2D eigenvalue weighted by Gasteiger charge is -1.98. The molecule has 7 heteroatoms. The summed E-state index contributed by atoms with van der Waals surface area (Å²) in [5.74, 6) is -0.533. The average Bonchev–Trinajstić information content (AvgIpc) is 3.19. The standard InChI is InChI=1S/C17H17N3O3S/c1-3-15-18-19-17(23-15)24-14(16(21)22)9-11-10-20(4-2)13-8-6-5-7-12(11)13/h5-10H,3-4H2,1-2H3,(H,21,22)/b14-9-. The summed E-state index contributed by atoms with van der Waals surface area (Å²) in [4.78, 5) is 11.8. The Morgan fingerprint density at radius 3 is 2.79 bits per heavy atom. The van der Waals surface area contributed by atoms with Crippen molar-refractivity contribution in [1.29, 1.82) is 0 Å². The van der Waals surface area contributed by atoms with Crippen molar-refractivity contribution in [1.82, 2.24) is 14.8 Å². The molecule has 0 saturated heterocycles. The van der Waals surface area contributed by atoms with Gasteiger partial charge < -0.3 is 14.1 Å². The summed E-state index contributed by atoms with van der Waals surface area (Å²) in [5.41, 5.74) is 1.93. The summed E-state index contributed by atoms with van der Waals surface area (Å²) in [6.07, 6.45) is 4.22. The number of para-hydroxylation sites is 1. The van der Waals surface area contributed by atoms with E-state index in [-0.39, 0.29) is 10.1 Å². The minimum Gasteiger partial charge on any atom is -0.477 e. The zero-order chi connectivity index (χ0) is 17.1. The smallest absolute Gasteiger partial charge is 0.342 e. The predicted octanol–water partition coefficient (Wildman–Crippen LogP) is 3.82. The van der Waals surface area contributed by atoms with E-state index in [1.54, 1.807) is 6.08 Å². The van der Waals surface area contributed by atoms with E-state index in [4.69, 9.17) is 4.42 Å². The first-order valence-electron chi connectivity index (χ1n) is 7.65. The SMILES string of the molecule is CCc1nnc(S/C(=C\c2cn(CC)c3ccccc23)C(=O)O)o1. The second-order valence-electron chi connectivity index (χ2n) is 5.12. The van der Waals surface area contributed by atoms with Gasteiger partial charge in [0.2, 0.25) is 5.89 Å². The lowest BCUT2D eigenvalue weighted by Crippen LogP contribution is -1.96. The molecule has 0 aliphatic rings. The highest BCUT2D eigenvalue weighted by atomic mass is 32.2. The van der Waals surface area contributed by atoms with Crippen LogP contribution in [0.15, 0.2) is 45.0 Å². The molecule has 1 N–H and O–H groups in total. The van der Waals surface area contributed by atoms with Gasteiger partial charge in [-0.25, -0.2) is 4.79 Å². The van der Waals surface area contributed by atoms with E-state index in [1.807, 2.05) is 37.4 Å². The molecule has 2 heterocycles. The van der Waals surface area contributed by atoms with Crippen molar-refractivity contribution in [3.05, 3.63) is 46.8 Å². The van der Waals surface area contributed by atoms with Crippen LogP contribution in [-0.4, -0.2) is 25.8 Å². The largest absolute Gasteiger partial charge is 0.477 e. The zero-order valence-corrected chi connectivity index (χ0v) is 14.2. The molecule has 124 valence electrons. The van der Waals surface area contributed by atoms with E-state index in [0.717, 1.165) is 34.8 Å². The molecule has 0 spiro atoms. The molecule has 0 saturated carbocycles. The van der Waals surface area contributed by atoms with Crippen LogP contribution in [0.3, 0.4) is 0 Å². The van der Waals surface area contributed by atoms with Gasteiger partial charge in [0.15, 0.2) is 0 Å². The highest BCUT2D eigenvalue weighted by Gasteiger charge is 2.16. The van der Waals surface area contributed by atoms with E-state index >= 15 is 0 Å². The number of benzene rings is 1. The van der Waals surface area contributed by atoms with Gasteiger partial charge in [-0.1, -0.05) is 25.1 Å². The number of carboxylic acids is 1. The second kappa shape index (κ2) is 6.92. The summed E-state index contributed by atoms with van der Waals surface area (Å²) in [7, 11) is 0. The summed E-state index contributed by atoms with van der Waals surface area (Å²) in [5, 5.41) is 18.5. The highest BCUT2D eigenvalue weighted by Crippen LogP contribution is 2.30. The highest BCUT2D eigenvalue weighted by molar-refractivity contribution is 8.03. The fourth-order valence-corrected chi connectivity index (χ4v) is 3.13. The maximum Gasteiger partial charge on any atom is 0.342 e. The van der Waals surface area contributed by atoms with Gasteiger partial charge in [-0.15, -0.1) is 10.2 Å². The monoisotopic (exact) mass is 343 g/mol. The molecule has 3 rings (SSSR count). The fourth-order valence-electron chi connectivity index (χ4n) is 2.44. The van der Waals surface area contributed by atoms with E-state index in [9.17, 15) is 9.90 Å². The minimum atomic E-state index is -1.02. The summed E-state index contributed by atoms with van der Waals surface area (Å²) < 4.78 is 7.49. The van der Waals surface area contributed by atoms with Gasteiger partial charge in [0.1, 0.15) is 4.91 Å². The Bertz CT molecular complexity index is 911. The van der Waals surface area contributed by atoms with Gasteiger partial charge in [-0.3, -0.25) is 0 Å². The maximum atomic E-state index is 11.6. The molecule has 24 heavy (non-hydrogen) atoms. The van der Waals surface area contributed by atoms with Crippen LogP contribution in [0, 0.1) is 0 Å². The molecule has 0 aliphatic carbocycles. The average molecular weight is 343 g/mol. The number of aryl methyl sites for hydroxylation is 2. The Balaban J connectivity index is 2.01. The van der Waals surface area contributed by atoms with Crippen LogP contribution in [-0.2, 0) is 17.8 Å². The topological polar surface area (TPSA) is 81.2 Å². The fraction of sp³-hybridized carbons (Fsp3) is 0.235. The third kappa shape index (κ3) is 3.21. The van der Waals surface area contributed by atoms with Crippen LogP contribution in [0.5, 0.6) is 0 Å². The Kier molecular flexibility index (Phi) is 4.71. The molecular weight excluding hydrogens is 326 g/mol. The van der Waals surface area contributed by atoms with Crippen molar-refractivity contribution in [2.24, 2.45) is 0 Å². The maximum absolute atomic E-state index is 11.6. The quantitative estimate of drug-likeness (QED) is 0.541. The van der Waals surface area contributed by atoms with Crippen molar-refractivity contribution in [3.8, 4) is 0 Å². The third-order valence-corrected chi connectivity index (χ3v) is 4.46. The first-order chi connectivity index (χ1) is 11.6. The van der Waals surface area contributed by atoms with Crippen molar-refractivity contribution >= 4 is 34.7 Å². The number of carboxylic acid groups (broad SMARTS) is 1. The van der Waals surface area contributed by atoms with Crippen LogP contribution < -0.4 is 0 Å². The number of carbonyl (C=O) groups is 1. The van der Waals surface area contributed by atoms with Gasteiger partial charge >= 0.3 is 5.97 Å². The van der Waals surface area contributed by atoms with Crippen LogP contribution in [0.25, 0.3) is 17.0 Å². The zero-order valence-electron chi connectivity index (χ0n) is 13.4. The first kappa shape index (κ1) is 16.3. The van der Waals surface area contributed by atoms with E-state index in [1.165, 1.54) is 0 Å². The second-order valence-corrected chi connectivity index (χ2v) is 6.11. The lowest BCUT2D eigenvalue weighted by atomic mass is 10.1. The Morgan fingerprint density at radius 1 is 1.33 bits per heavy atom. The number of hydrogen-bond acceptors (Lipinski definition) is 5. The van der Waals surface area contributed by atoms with Crippen LogP contribution in [0.1, 0.15) is 25.3 Å². The van der Waals surface area contributed by atoms with Crippen LogP contribution in [0.2, 0.25) is 0 Å². The van der Waals surface area contributed by atoms with Crippen LogP contribution >= 0.6 is 11.8 Å².